The third-order valence-electron chi connectivity index (χ3n) is 6.91. The molecule has 170 valence electrons. The highest BCUT2D eigenvalue weighted by Gasteiger charge is 2.28. The minimum Gasteiger partial charge on any atom is -0.508 e. The van der Waals surface area contributed by atoms with E-state index in [9.17, 15) is 9.90 Å². The Morgan fingerprint density at radius 2 is 1.94 bits per heavy atom. The molecule has 0 aromatic heterocycles. The zero-order valence-corrected chi connectivity index (χ0v) is 19.0. The molecule has 33 heavy (non-hydrogen) atoms. The van der Waals surface area contributed by atoms with Gasteiger partial charge in [-0.05, 0) is 84.7 Å². The van der Waals surface area contributed by atoms with Crippen LogP contribution < -0.4 is 16.0 Å². The van der Waals surface area contributed by atoms with Gasteiger partial charge in [-0.3, -0.25) is 4.79 Å². The van der Waals surface area contributed by atoms with Crippen molar-refractivity contribution in [3.05, 3.63) is 94.0 Å². The number of phenolic OH excluding ortho intramolecular Hbond substituents is 1. The first-order chi connectivity index (χ1) is 16.1. The lowest BCUT2D eigenvalue weighted by Gasteiger charge is -2.30. The number of fused-ring (bicyclic) bond motifs is 2. The Labute approximate surface area is 195 Å². The van der Waals surface area contributed by atoms with Crippen LogP contribution in [0.3, 0.4) is 0 Å². The van der Waals surface area contributed by atoms with E-state index in [1.54, 1.807) is 6.07 Å². The van der Waals surface area contributed by atoms with Crippen molar-refractivity contribution in [3.8, 4) is 5.75 Å². The summed E-state index contributed by atoms with van der Waals surface area (Å²) in [6.07, 6.45) is 3.18. The second kappa shape index (κ2) is 9.28. The summed E-state index contributed by atoms with van der Waals surface area (Å²) < 4.78 is 0. The van der Waals surface area contributed by atoms with Crippen molar-refractivity contribution < 1.29 is 9.90 Å². The topological polar surface area (TPSA) is 73.4 Å². The summed E-state index contributed by atoms with van der Waals surface area (Å²) in [5.74, 6) is 0.341. The molecular weight excluding hydrogens is 410 g/mol. The van der Waals surface area contributed by atoms with Crippen molar-refractivity contribution in [2.24, 2.45) is 0 Å². The van der Waals surface area contributed by atoms with E-state index in [1.165, 1.54) is 16.7 Å². The Kier molecular flexibility index (Phi) is 6.05. The van der Waals surface area contributed by atoms with E-state index in [1.807, 2.05) is 19.1 Å². The molecule has 0 radical (unpaired) electrons. The second-order valence-corrected chi connectivity index (χ2v) is 9.18. The van der Waals surface area contributed by atoms with Gasteiger partial charge in [0.1, 0.15) is 5.75 Å². The van der Waals surface area contributed by atoms with Crippen LogP contribution in [0.5, 0.6) is 5.75 Å². The lowest BCUT2D eigenvalue weighted by Crippen LogP contribution is -2.47. The minimum absolute atomic E-state index is 0.00471. The fraction of sp³-hybridized carbons (Fsp3) is 0.321. The average molecular weight is 442 g/mol. The molecule has 1 amide bonds. The number of rotatable bonds is 4. The van der Waals surface area contributed by atoms with Gasteiger partial charge >= 0.3 is 0 Å². The van der Waals surface area contributed by atoms with Crippen LogP contribution in [0, 0.1) is 6.92 Å². The number of hydrogen-bond acceptors (Lipinski definition) is 4. The zero-order chi connectivity index (χ0) is 22.8. The summed E-state index contributed by atoms with van der Waals surface area (Å²) in [7, 11) is 0. The summed E-state index contributed by atoms with van der Waals surface area (Å²) in [6.45, 7) is 3.57. The molecule has 0 saturated heterocycles. The number of para-hydroxylation sites is 1. The number of hydrogen-bond donors (Lipinski definition) is 4. The van der Waals surface area contributed by atoms with Gasteiger partial charge in [-0.25, -0.2) is 0 Å². The molecule has 2 heterocycles. The number of aromatic hydroxyl groups is 1. The first-order valence-electron chi connectivity index (χ1n) is 11.8. The van der Waals surface area contributed by atoms with Crippen molar-refractivity contribution in [2.45, 2.75) is 44.7 Å². The summed E-state index contributed by atoms with van der Waals surface area (Å²) in [6, 6.07) is 20.2. The third kappa shape index (κ3) is 4.60. The van der Waals surface area contributed by atoms with Crippen LogP contribution in [-0.4, -0.2) is 30.1 Å². The van der Waals surface area contributed by atoms with E-state index < -0.39 is 0 Å². The molecule has 0 bridgehead atoms. The van der Waals surface area contributed by atoms with Crippen LogP contribution in [0.15, 0.2) is 60.7 Å². The van der Waals surface area contributed by atoms with Gasteiger partial charge in [-0.1, -0.05) is 48.5 Å². The minimum atomic E-state index is -0.277. The largest absolute Gasteiger partial charge is 0.508 e. The number of anilines is 1. The monoisotopic (exact) mass is 441 g/mol. The van der Waals surface area contributed by atoms with E-state index >= 15 is 0 Å². The van der Waals surface area contributed by atoms with Gasteiger partial charge in [-0.15, -0.1) is 0 Å². The molecule has 5 heteroatoms. The van der Waals surface area contributed by atoms with E-state index in [4.69, 9.17) is 0 Å². The Morgan fingerprint density at radius 1 is 1.09 bits per heavy atom. The van der Waals surface area contributed by atoms with Gasteiger partial charge < -0.3 is 21.1 Å². The smallest absolute Gasteiger partial charge is 0.237 e. The first-order valence-corrected chi connectivity index (χ1v) is 11.8. The molecule has 5 rings (SSSR count). The number of amides is 1. The van der Waals surface area contributed by atoms with Crippen LogP contribution in [0.2, 0.25) is 0 Å². The summed E-state index contributed by atoms with van der Waals surface area (Å²) in [5, 5.41) is 20.3. The molecule has 4 N–H and O–H groups in total. The van der Waals surface area contributed by atoms with Gasteiger partial charge in [0, 0.05) is 12.2 Å². The number of carbonyl (C=O) groups excluding carboxylic acids is 1. The van der Waals surface area contributed by atoms with Gasteiger partial charge in [0.2, 0.25) is 5.91 Å². The SMILES string of the molecule is Cc1cc(O)cc2c1CC(C(=O)NC1CCNc3c(Cc4ccccc4)cccc31)NCC2. The predicted molar refractivity (Wildman–Crippen MR) is 132 cm³/mol. The molecule has 0 aliphatic carbocycles. The maximum absolute atomic E-state index is 13.3. The van der Waals surface area contributed by atoms with Crippen LogP contribution in [0.25, 0.3) is 0 Å². The number of benzene rings is 3. The van der Waals surface area contributed by atoms with Crippen LogP contribution in [0.4, 0.5) is 5.69 Å². The third-order valence-corrected chi connectivity index (χ3v) is 6.91. The molecular formula is C28H31N3O2. The molecule has 2 aliphatic rings. The number of phenols is 1. The number of aryl methyl sites for hydroxylation is 1. The molecule has 2 unspecified atom stereocenters. The Balaban J connectivity index is 1.34. The van der Waals surface area contributed by atoms with Gasteiger partial charge in [-0.2, -0.15) is 0 Å². The van der Waals surface area contributed by atoms with Crippen molar-refractivity contribution in [1.82, 2.24) is 10.6 Å². The van der Waals surface area contributed by atoms with Gasteiger partial charge in [0.25, 0.3) is 0 Å². The fourth-order valence-corrected chi connectivity index (χ4v) is 5.24. The highest BCUT2D eigenvalue weighted by Crippen LogP contribution is 2.34. The highest BCUT2D eigenvalue weighted by atomic mass is 16.3. The number of carbonyl (C=O) groups is 1. The Bertz CT molecular complexity index is 1160. The van der Waals surface area contributed by atoms with E-state index in [0.29, 0.717) is 12.2 Å². The standard InChI is InChI=1S/C28H31N3O2/c1-18-14-22(32)16-20-10-12-29-26(17-24(18)20)28(33)31-25-11-13-30-27-21(8-5-9-23(25)27)15-19-6-3-2-4-7-19/h2-9,14,16,25-26,29-30,32H,10-13,15,17H2,1H3,(H,31,33). The lowest BCUT2D eigenvalue weighted by molar-refractivity contribution is -0.123. The Morgan fingerprint density at radius 3 is 2.79 bits per heavy atom. The molecule has 2 atom stereocenters. The van der Waals surface area contributed by atoms with Crippen molar-refractivity contribution in [1.29, 1.82) is 0 Å². The highest BCUT2D eigenvalue weighted by molar-refractivity contribution is 5.83. The molecule has 0 spiro atoms. The maximum atomic E-state index is 13.3. The lowest BCUT2D eigenvalue weighted by atomic mass is 9.91. The first kappa shape index (κ1) is 21.5. The van der Waals surface area contributed by atoms with Crippen molar-refractivity contribution in [2.75, 3.05) is 18.4 Å². The average Bonchev–Trinajstić information content (AvgIpc) is 3.03. The second-order valence-electron chi connectivity index (χ2n) is 9.18. The molecule has 3 aromatic rings. The zero-order valence-electron chi connectivity index (χ0n) is 19.0. The summed E-state index contributed by atoms with van der Waals surface area (Å²) >= 11 is 0. The molecule has 5 nitrogen and oxygen atoms in total. The molecule has 2 aliphatic heterocycles. The Hall–Kier alpha value is -3.31. The summed E-state index contributed by atoms with van der Waals surface area (Å²) in [4.78, 5) is 13.3. The van der Waals surface area contributed by atoms with Crippen LogP contribution in [-0.2, 0) is 24.1 Å². The van der Waals surface area contributed by atoms with Crippen LogP contribution >= 0.6 is 0 Å². The van der Waals surface area contributed by atoms with E-state index in [-0.39, 0.29) is 18.0 Å². The maximum Gasteiger partial charge on any atom is 0.237 e. The fourth-order valence-electron chi connectivity index (χ4n) is 5.24. The predicted octanol–water partition coefficient (Wildman–Crippen LogP) is 4.02. The normalized spacial score (nSPS) is 19.5. The van der Waals surface area contributed by atoms with Gasteiger partial charge in [0.05, 0.1) is 12.1 Å². The van der Waals surface area contributed by atoms with Gasteiger partial charge in [0.15, 0.2) is 0 Å². The molecule has 0 fully saturated rings. The summed E-state index contributed by atoms with van der Waals surface area (Å²) in [5.41, 5.74) is 8.21. The quantitative estimate of drug-likeness (QED) is 0.493. The van der Waals surface area contributed by atoms with Crippen molar-refractivity contribution in [3.63, 3.8) is 0 Å². The van der Waals surface area contributed by atoms with E-state index in [0.717, 1.165) is 54.7 Å². The van der Waals surface area contributed by atoms with Crippen molar-refractivity contribution >= 4 is 11.6 Å². The van der Waals surface area contributed by atoms with Crippen LogP contribution in [0.1, 0.15) is 45.8 Å². The molecule has 3 aromatic carbocycles. The number of nitrogens with one attached hydrogen (secondary N) is 3. The van der Waals surface area contributed by atoms with E-state index in [2.05, 4.69) is 58.4 Å². The molecule has 0 saturated carbocycles.